The standard InChI is InChI=1S/C15H21NO/c1-12-9-10-14(16-11-12)15(17)13-7-5-3-2-4-6-8-13/h7,9-11,15,17H,2-6,8H2,1H3/b13-7+. The first-order chi connectivity index (χ1) is 8.27. The molecule has 0 saturated heterocycles. The van der Waals surface area contributed by atoms with E-state index in [0.717, 1.165) is 29.7 Å². The largest absolute Gasteiger partial charge is 0.382 e. The van der Waals surface area contributed by atoms with Crippen molar-refractivity contribution in [1.82, 2.24) is 4.98 Å². The van der Waals surface area contributed by atoms with Crippen LogP contribution in [0.1, 0.15) is 55.9 Å². The summed E-state index contributed by atoms with van der Waals surface area (Å²) in [5, 5.41) is 10.3. The highest BCUT2D eigenvalue weighted by Gasteiger charge is 2.15. The fourth-order valence-electron chi connectivity index (χ4n) is 2.30. The van der Waals surface area contributed by atoms with Crippen LogP contribution in [0.25, 0.3) is 0 Å². The molecule has 1 unspecified atom stereocenters. The van der Waals surface area contributed by atoms with E-state index in [1.165, 1.54) is 25.7 Å². The third kappa shape index (κ3) is 3.40. The van der Waals surface area contributed by atoms with Crippen molar-refractivity contribution in [2.24, 2.45) is 0 Å². The van der Waals surface area contributed by atoms with Crippen molar-refractivity contribution in [3.05, 3.63) is 41.2 Å². The Morgan fingerprint density at radius 2 is 2.00 bits per heavy atom. The second-order valence-electron chi connectivity index (χ2n) is 4.89. The number of aromatic nitrogens is 1. The van der Waals surface area contributed by atoms with Gasteiger partial charge < -0.3 is 5.11 Å². The van der Waals surface area contributed by atoms with Crippen molar-refractivity contribution >= 4 is 0 Å². The number of nitrogens with zero attached hydrogens (tertiary/aromatic N) is 1. The smallest absolute Gasteiger partial charge is 0.117 e. The molecule has 0 spiro atoms. The van der Waals surface area contributed by atoms with E-state index in [0.29, 0.717) is 0 Å². The highest BCUT2D eigenvalue weighted by molar-refractivity contribution is 5.22. The van der Waals surface area contributed by atoms with Gasteiger partial charge in [-0.3, -0.25) is 4.98 Å². The molecule has 1 aliphatic rings. The molecule has 0 saturated carbocycles. The summed E-state index contributed by atoms with van der Waals surface area (Å²) in [6.45, 7) is 2.01. The van der Waals surface area contributed by atoms with Crippen molar-refractivity contribution in [2.75, 3.05) is 0 Å². The first-order valence-electron chi connectivity index (χ1n) is 6.57. The van der Waals surface area contributed by atoms with Gasteiger partial charge in [-0.15, -0.1) is 0 Å². The van der Waals surface area contributed by atoms with E-state index in [4.69, 9.17) is 0 Å². The van der Waals surface area contributed by atoms with Crippen LogP contribution in [0, 0.1) is 6.92 Å². The molecular formula is C15H21NO. The maximum absolute atomic E-state index is 10.3. The fraction of sp³-hybridized carbons (Fsp3) is 0.533. The van der Waals surface area contributed by atoms with Gasteiger partial charge >= 0.3 is 0 Å². The van der Waals surface area contributed by atoms with Gasteiger partial charge in [0.25, 0.3) is 0 Å². The maximum Gasteiger partial charge on any atom is 0.117 e. The molecular weight excluding hydrogens is 210 g/mol. The van der Waals surface area contributed by atoms with Crippen molar-refractivity contribution in [1.29, 1.82) is 0 Å². The molecule has 0 radical (unpaired) electrons. The molecule has 92 valence electrons. The minimum Gasteiger partial charge on any atom is -0.382 e. The lowest BCUT2D eigenvalue weighted by Gasteiger charge is -2.17. The number of allylic oxidation sites excluding steroid dienone is 1. The third-order valence-electron chi connectivity index (χ3n) is 3.39. The lowest BCUT2D eigenvalue weighted by Crippen LogP contribution is -2.05. The SMILES string of the molecule is Cc1ccc(C(O)/C2=C/CCCCCC2)nc1. The summed E-state index contributed by atoms with van der Waals surface area (Å²) in [5.74, 6) is 0. The topological polar surface area (TPSA) is 33.1 Å². The monoisotopic (exact) mass is 231 g/mol. The van der Waals surface area contributed by atoms with Crippen LogP contribution in [0.15, 0.2) is 30.0 Å². The Bertz CT molecular complexity index is 380. The summed E-state index contributed by atoms with van der Waals surface area (Å²) in [4.78, 5) is 4.32. The second-order valence-corrected chi connectivity index (χ2v) is 4.89. The molecule has 0 amide bonds. The van der Waals surface area contributed by atoms with Gasteiger partial charge in [-0.25, -0.2) is 0 Å². The molecule has 2 rings (SSSR count). The predicted molar refractivity (Wildman–Crippen MR) is 69.7 cm³/mol. The summed E-state index contributed by atoms with van der Waals surface area (Å²) in [7, 11) is 0. The Hall–Kier alpha value is -1.15. The molecule has 1 atom stereocenters. The second kappa shape index (κ2) is 5.97. The first-order valence-corrected chi connectivity index (χ1v) is 6.57. The summed E-state index contributed by atoms with van der Waals surface area (Å²) >= 11 is 0. The summed E-state index contributed by atoms with van der Waals surface area (Å²) < 4.78 is 0. The molecule has 1 N–H and O–H groups in total. The Kier molecular flexibility index (Phi) is 4.32. The quantitative estimate of drug-likeness (QED) is 0.787. The van der Waals surface area contributed by atoms with Gasteiger partial charge in [-0.2, -0.15) is 0 Å². The molecule has 0 aromatic carbocycles. The Morgan fingerprint density at radius 1 is 1.18 bits per heavy atom. The van der Waals surface area contributed by atoms with E-state index >= 15 is 0 Å². The molecule has 1 heterocycles. The molecule has 1 aliphatic carbocycles. The first kappa shape index (κ1) is 12.3. The highest BCUT2D eigenvalue weighted by atomic mass is 16.3. The van der Waals surface area contributed by atoms with Gasteiger partial charge in [0.15, 0.2) is 0 Å². The van der Waals surface area contributed by atoms with E-state index in [1.54, 1.807) is 0 Å². The van der Waals surface area contributed by atoms with E-state index < -0.39 is 6.10 Å². The van der Waals surface area contributed by atoms with Gasteiger partial charge in [0.2, 0.25) is 0 Å². The zero-order valence-corrected chi connectivity index (χ0v) is 10.5. The Morgan fingerprint density at radius 3 is 2.76 bits per heavy atom. The van der Waals surface area contributed by atoms with Crippen LogP contribution < -0.4 is 0 Å². The van der Waals surface area contributed by atoms with Crippen LogP contribution in [0.2, 0.25) is 0 Å². The van der Waals surface area contributed by atoms with Crippen LogP contribution in [0.3, 0.4) is 0 Å². The summed E-state index contributed by atoms with van der Waals surface area (Å²) in [6, 6.07) is 3.94. The minimum atomic E-state index is -0.506. The average Bonchev–Trinajstić information content (AvgIpc) is 2.29. The Labute approximate surface area is 103 Å². The lowest BCUT2D eigenvalue weighted by atomic mass is 9.95. The fourth-order valence-corrected chi connectivity index (χ4v) is 2.30. The summed E-state index contributed by atoms with van der Waals surface area (Å²) in [6.07, 6.45) is 10.7. The van der Waals surface area contributed by atoms with Crippen LogP contribution >= 0.6 is 0 Å². The van der Waals surface area contributed by atoms with Crippen molar-refractivity contribution < 1.29 is 5.11 Å². The van der Waals surface area contributed by atoms with Crippen molar-refractivity contribution in [3.8, 4) is 0 Å². The number of rotatable bonds is 2. The van der Waals surface area contributed by atoms with Crippen molar-refractivity contribution in [3.63, 3.8) is 0 Å². The molecule has 0 aliphatic heterocycles. The maximum atomic E-state index is 10.3. The van der Waals surface area contributed by atoms with Crippen LogP contribution in [0.5, 0.6) is 0 Å². The van der Waals surface area contributed by atoms with Gasteiger partial charge in [-0.1, -0.05) is 25.0 Å². The van der Waals surface area contributed by atoms with Crippen LogP contribution in [0.4, 0.5) is 0 Å². The highest BCUT2D eigenvalue weighted by Crippen LogP contribution is 2.27. The van der Waals surface area contributed by atoms with E-state index in [2.05, 4.69) is 11.1 Å². The van der Waals surface area contributed by atoms with Gasteiger partial charge in [0, 0.05) is 6.20 Å². The Balaban J connectivity index is 2.11. The number of pyridine rings is 1. The van der Waals surface area contributed by atoms with Crippen molar-refractivity contribution in [2.45, 2.75) is 51.6 Å². The normalized spacial score (nSPS) is 22.1. The molecule has 0 fully saturated rings. The molecule has 1 aromatic rings. The number of hydrogen-bond donors (Lipinski definition) is 1. The summed E-state index contributed by atoms with van der Waals surface area (Å²) in [5.41, 5.74) is 3.07. The average molecular weight is 231 g/mol. The predicted octanol–water partition coefficient (Wildman–Crippen LogP) is 3.70. The van der Waals surface area contributed by atoms with Gasteiger partial charge in [0.05, 0.1) is 5.69 Å². The number of aryl methyl sites for hydroxylation is 1. The number of aliphatic hydroxyl groups is 1. The number of hydrogen-bond acceptors (Lipinski definition) is 2. The van der Waals surface area contributed by atoms with E-state index in [-0.39, 0.29) is 0 Å². The lowest BCUT2D eigenvalue weighted by molar-refractivity contribution is 0.204. The third-order valence-corrected chi connectivity index (χ3v) is 3.39. The van der Waals surface area contributed by atoms with Gasteiger partial charge in [0.1, 0.15) is 6.10 Å². The number of aliphatic hydroxyl groups excluding tert-OH is 1. The molecule has 17 heavy (non-hydrogen) atoms. The van der Waals surface area contributed by atoms with Crippen LogP contribution in [-0.2, 0) is 0 Å². The van der Waals surface area contributed by atoms with E-state index in [1.807, 2.05) is 25.3 Å². The molecule has 0 bridgehead atoms. The van der Waals surface area contributed by atoms with E-state index in [9.17, 15) is 5.11 Å². The minimum absolute atomic E-state index is 0.506. The molecule has 1 aromatic heterocycles. The van der Waals surface area contributed by atoms with Crippen LogP contribution in [-0.4, -0.2) is 10.1 Å². The van der Waals surface area contributed by atoms with Gasteiger partial charge in [-0.05, 0) is 49.8 Å². The zero-order valence-electron chi connectivity index (χ0n) is 10.5. The molecule has 2 heteroatoms. The molecule has 2 nitrogen and oxygen atoms in total. The zero-order chi connectivity index (χ0) is 12.1.